The third kappa shape index (κ3) is 3.55. The number of aliphatic hydroxyl groups is 1. The van der Waals surface area contributed by atoms with E-state index in [4.69, 9.17) is 9.97 Å². The van der Waals surface area contributed by atoms with Gasteiger partial charge in [-0.15, -0.1) is 0 Å². The first-order valence-corrected chi connectivity index (χ1v) is 12.7. The summed E-state index contributed by atoms with van der Waals surface area (Å²) in [5.74, 6) is 0.873. The van der Waals surface area contributed by atoms with Gasteiger partial charge in [0.2, 0.25) is 5.95 Å². The van der Waals surface area contributed by atoms with Gasteiger partial charge in [0.25, 0.3) is 0 Å². The molecule has 2 bridgehead atoms. The number of fused-ring (bicyclic) bond motifs is 4. The van der Waals surface area contributed by atoms with E-state index in [1.165, 1.54) is 0 Å². The molecular formula is C28H28FN5O2. The Labute approximate surface area is 208 Å². The van der Waals surface area contributed by atoms with Crippen LogP contribution in [0.15, 0.2) is 48.5 Å². The van der Waals surface area contributed by atoms with Crippen LogP contribution >= 0.6 is 0 Å². The lowest BCUT2D eigenvalue weighted by Gasteiger charge is -2.34. The van der Waals surface area contributed by atoms with Crippen molar-refractivity contribution in [3.8, 4) is 16.9 Å². The summed E-state index contributed by atoms with van der Waals surface area (Å²) in [6.07, 6.45) is 2.49. The quantitative estimate of drug-likeness (QED) is 0.407. The zero-order valence-electron chi connectivity index (χ0n) is 19.9. The molecule has 7 nitrogen and oxygen atoms in total. The molecule has 0 amide bonds. The number of aliphatic hydroxyl groups excluding tert-OH is 1. The van der Waals surface area contributed by atoms with E-state index >= 15 is 4.39 Å². The summed E-state index contributed by atoms with van der Waals surface area (Å²) in [5.41, 5.74) is 1.29. The highest BCUT2D eigenvalue weighted by atomic mass is 19.1. The van der Waals surface area contributed by atoms with E-state index in [9.17, 15) is 10.2 Å². The molecular weight excluding hydrogens is 457 g/mol. The van der Waals surface area contributed by atoms with Gasteiger partial charge < -0.3 is 25.3 Å². The Morgan fingerprint density at radius 2 is 1.67 bits per heavy atom. The van der Waals surface area contributed by atoms with Crippen molar-refractivity contribution in [2.75, 3.05) is 36.0 Å². The van der Waals surface area contributed by atoms with Crippen molar-refractivity contribution < 1.29 is 14.6 Å². The molecule has 0 saturated carbocycles. The number of nitrogens with one attached hydrogen (secondary N) is 1. The molecule has 3 aliphatic rings. The average Bonchev–Trinajstić information content (AvgIpc) is 3.47. The number of phenols is 1. The largest absolute Gasteiger partial charge is 0.508 e. The number of piperazine rings is 1. The lowest BCUT2D eigenvalue weighted by molar-refractivity contribution is 0.198. The number of phenolic OH excluding ortho intramolecular Hbond substituents is 1. The molecule has 4 heterocycles. The smallest absolute Gasteiger partial charge is 0.228 e. The minimum Gasteiger partial charge on any atom is -0.508 e. The summed E-state index contributed by atoms with van der Waals surface area (Å²) in [5, 5.41) is 26.5. The van der Waals surface area contributed by atoms with E-state index in [2.05, 4.69) is 10.2 Å². The molecule has 1 aromatic heterocycles. The number of aromatic nitrogens is 2. The molecule has 3 fully saturated rings. The zero-order valence-corrected chi connectivity index (χ0v) is 19.9. The van der Waals surface area contributed by atoms with Crippen LogP contribution < -0.4 is 15.1 Å². The number of anilines is 2. The molecule has 1 unspecified atom stereocenters. The second-order valence-corrected chi connectivity index (χ2v) is 10.3. The van der Waals surface area contributed by atoms with Crippen LogP contribution in [0.1, 0.15) is 19.3 Å². The van der Waals surface area contributed by atoms with Crippen LogP contribution in [0.3, 0.4) is 0 Å². The van der Waals surface area contributed by atoms with Gasteiger partial charge in [-0.05, 0) is 53.8 Å². The maximum Gasteiger partial charge on any atom is 0.228 e. The number of β-amino-alcohol motifs (C(OH)–C–C–N with tert-alkyl or cyclic N) is 1. The fourth-order valence-electron chi connectivity index (χ4n) is 6.14. The van der Waals surface area contributed by atoms with Gasteiger partial charge in [-0.3, -0.25) is 0 Å². The fraction of sp³-hybridized carbons (Fsp3) is 0.357. The summed E-state index contributed by atoms with van der Waals surface area (Å²) in [6.45, 7) is 2.73. The Hall–Kier alpha value is -3.49. The molecule has 3 N–H and O–H groups in total. The number of rotatable bonds is 3. The van der Waals surface area contributed by atoms with Crippen LogP contribution in [0.4, 0.5) is 16.2 Å². The first-order chi connectivity index (χ1) is 17.5. The molecule has 184 valence electrons. The zero-order chi connectivity index (χ0) is 24.4. The highest BCUT2D eigenvalue weighted by Gasteiger charge is 2.34. The summed E-state index contributed by atoms with van der Waals surface area (Å²) in [6, 6.07) is 15.5. The maximum absolute atomic E-state index is 16.4. The Morgan fingerprint density at radius 3 is 2.44 bits per heavy atom. The van der Waals surface area contributed by atoms with E-state index in [-0.39, 0.29) is 11.3 Å². The van der Waals surface area contributed by atoms with Gasteiger partial charge in [-0.2, -0.15) is 4.98 Å². The lowest BCUT2D eigenvalue weighted by Crippen LogP contribution is -2.51. The van der Waals surface area contributed by atoms with E-state index in [0.29, 0.717) is 54.1 Å². The minimum atomic E-state index is -0.433. The van der Waals surface area contributed by atoms with Crippen molar-refractivity contribution >= 4 is 33.4 Å². The van der Waals surface area contributed by atoms with Crippen molar-refractivity contribution in [2.45, 2.75) is 37.5 Å². The predicted octanol–water partition coefficient (Wildman–Crippen LogP) is 3.81. The van der Waals surface area contributed by atoms with Crippen molar-refractivity contribution in [1.82, 2.24) is 15.3 Å². The Balaban J connectivity index is 1.43. The average molecular weight is 486 g/mol. The molecule has 3 aromatic carbocycles. The first kappa shape index (κ1) is 21.8. The molecule has 0 radical (unpaired) electrons. The second kappa shape index (κ2) is 8.28. The Kier molecular flexibility index (Phi) is 5.01. The number of aromatic hydroxyl groups is 1. The molecule has 0 spiro atoms. The van der Waals surface area contributed by atoms with Crippen molar-refractivity contribution in [3.05, 3.63) is 54.3 Å². The topological polar surface area (TPSA) is 84.8 Å². The second-order valence-electron chi connectivity index (χ2n) is 10.3. The molecule has 7 rings (SSSR count). The number of halogens is 1. The van der Waals surface area contributed by atoms with Gasteiger partial charge in [0.05, 0.1) is 6.10 Å². The van der Waals surface area contributed by atoms with Crippen LogP contribution in [0.5, 0.6) is 5.75 Å². The number of benzene rings is 3. The van der Waals surface area contributed by atoms with Crippen molar-refractivity contribution in [1.29, 1.82) is 0 Å². The summed E-state index contributed by atoms with van der Waals surface area (Å²) < 4.78 is 16.4. The fourth-order valence-corrected chi connectivity index (χ4v) is 6.14. The lowest BCUT2D eigenvalue weighted by atomic mass is 9.96. The summed E-state index contributed by atoms with van der Waals surface area (Å²) >= 11 is 0. The highest BCUT2D eigenvalue weighted by Crippen LogP contribution is 2.39. The normalized spacial score (nSPS) is 23.8. The number of hydrogen-bond acceptors (Lipinski definition) is 7. The van der Waals surface area contributed by atoms with Gasteiger partial charge >= 0.3 is 0 Å². The number of nitrogens with zero attached hydrogens (tertiary/aromatic N) is 4. The first-order valence-electron chi connectivity index (χ1n) is 12.7. The van der Waals surface area contributed by atoms with E-state index in [1.807, 2.05) is 35.2 Å². The van der Waals surface area contributed by atoms with Crippen LogP contribution in [0.2, 0.25) is 0 Å². The third-order valence-electron chi connectivity index (χ3n) is 7.87. The maximum atomic E-state index is 16.4. The van der Waals surface area contributed by atoms with Gasteiger partial charge in [0.15, 0.2) is 5.82 Å². The molecule has 3 aliphatic heterocycles. The Morgan fingerprint density at radius 1 is 0.861 bits per heavy atom. The van der Waals surface area contributed by atoms with Crippen LogP contribution in [0.25, 0.3) is 32.8 Å². The molecule has 0 aliphatic carbocycles. The monoisotopic (exact) mass is 485 g/mol. The highest BCUT2D eigenvalue weighted by molar-refractivity contribution is 6.01. The van der Waals surface area contributed by atoms with E-state index in [0.717, 1.165) is 42.5 Å². The molecule has 36 heavy (non-hydrogen) atoms. The molecule has 8 heteroatoms. The van der Waals surface area contributed by atoms with Gasteiger partial charge in [0, 0.05) is 49.2 Å². The number of hydrogen-bond donors (Lipinski definition) is 3. The third-order valence-corrected chi connectivity index (χ3v) is 7.87. The van der Waals surface area contributed by atoms with Gasteiger partial charge in [0.1, 0.15) is 17.1 Å². The van der Waals surface area contributed by atoms with Crippen LogP contribution in [0, 0.1) is 5.82 Å². The van der Waals surface area contributed by atoms with Crippen LogP contribution in [-0.4, -0.2) is 64.5 Å². The van der Waals surface area contributed by atoms with Crippen LogP contribution in [-0.2, 0) is 0 Å². The minimum absolute atomic E-state index is 0.0922. The van der Waals surface area contributed by atoms with Gasteiger partial charge in [-0.1, -0.05) is 30.3 Å². The molecule has 3 saturated heterocycles. The Bertz CT molecular complexity index is 1480. The van der Waals surface area contributed by atoms with E-state index < -0.39 is 11.9 Å². The van der Waals surface area contributed by atoms with E-state index in [1.54, 1.807) is 18.2 Å². The SMILES string of the molecule is Oc1cc(-c2ccc3c(N4C[C@H]5CC[C@@H](C4)N5)nc(N4CCC(O)C4)nc3c2F)c2ccccc2c1. The summed E-state index contributed by atoms with van der Waals surface area (Å²) in [7, 11) is 0. The van der Waals surface area contributed by atoms with Gasteiger partial charge in [-0.25, -0.2) is 9.37 Å². The summed E-state index contributed by atoms with van der Waals surface area (Å²) in [4.78, 5) is 13.9. The van der Waals surface area contributed by atoms with Crippen molar-refractivity contribution in [3.63, 3.8) is 0 Å². The standard InChI is InChI=1S/C28H28FN5O2/c29-25-22(24-12-20(36)11-16-3-1-2-4-21(16)24)7-8-23-26(25)31-28(33-10-9-19(35)15-33)32-27(23)34-13-17-5-6-18(14-34)30-17/h1-4,7-8,11-12,17-19,30,35-36H,5-6,9-10,13-15H2/t17-,18+,19?. The predicted molar refractivity (Wildman–Crippen MR) is 139 cm³/mol. The molecule has 4 aromatic rings. The van der Waals surface area contributed by atoms with Crippen molar-refractivity contribution in [2.24, 2.45) is 0 Å². The molecule has 3 atom stereocenters.